The van der Waals surface area contributed by atoms with Crippen molar-refractivity contribution in [2.45, 2.75) is 19.0 Å². The van der Waals surface area contributed by atoms with Crippen LogP contribution in [0.1, 0.15) is 27.9 Å². The van der Waals surface area contributed by atoms with E-state index in [0.29, 0.717) is 24.1 Å². The van der Waals surface area contributed by atoms with Gasteiger partial charge in [-0.2, -0.15) is 13.2 Å². The molecule has 2 aromatic carbocycles. The van der Waals surface area contributed by atoms with Crippen molar-refractivity contribution >= 4 is 11.9 Å². The Kier molecular flexibility index (Phi) is 6.29. The van der Waals surface area contributed by atoms with Crippen molar-refractivity contribution in [3.05, 3.63) is 83.9 Å². The van der Waals surface area contributed by atoms with Crippen LogP contribution in [0, 0.1) is 5.41 Å². The Morgan fingerprint density at radius 3 is 2.37 bits per heavy atom. The predicted octanol–water partition coefficient (Wildman–Crippen LogP) is 4.51. The van der Waals surface area contributed by atoms with Gasteiger partial charge >= 0.3 is 12.1 Å². The van der Waals surface area contributed by atoms with Gasteiger partial charge in [-0.1, -0.05) is 43.0 Å². The molecule has 1 fully saturated rings. The zero-order valence-corrected chi connectivity index (χ0v) is 16.3. The molecule has 1 heterocycles. The zero-order valence-electron chi connectivity index (χ0n) is 16.3. The molecule has 7 heteroatoms. The molecule has 4 nitrogen and oxygen atoms in total. The number of hydrogen-bond acceptors (Lipinski definition) is 3. The molecule has 0 aromatic heterocycles. The van der Waals surface area contributed by atoms with E-state index >= 15 is 0 Å². The van der Waals surface area contributed by atoms with Crippen molar-refractivity contribution in [2.24, 2.45) is 5.41 Å². The van der Waals surface area contributed by atoms with Crippen molar-refractivity contribution in [3.63, 3.8) is 0 Å². The summed E-state index contributed by atoms with van der Waals surface area (Å²) >= 11 is 0. The van der Waals surface area contributed by atoms with Gasteiger partial charge in [0, 0.05) is 18.7 Å². The van der Waals surface area contributed by atoms with E-state index in [0.717, 1.165) is 12.1 Å². The Balaban J connectivity index is 1.83. The highest BCUT2D eigenvalue weighted by Crippen LogP contribution is 2.37. The molecule has 1 unspecified atom stereocenters. The molecule has 1 amide bonds. The summed E-state index contributed by atoms with van der Waals surface area (Å²) in [6.45, 7) is 4.06. The van der Waals surface area contributed by atoms with Crippen LogP contribution < -0.4 is 0 Å². The predicted molar refractivity (Wildman–Crippen MR) is 106 cm³/mol. The molecule has 0 aliphatic carbocycles. The van der Waals surface area contributed by atoms with Crippen LogP contribution in [0.25, 0.3) is 0 Å². The van der Waals surface area contributed by atoms with Gasteiger partial charge in [0.15, 0.2) is 0 Å². The Labute approximate surface area is 173 Å². The van der Waals surface area contributed by atoms with Crippen LogP contribution in [0.2, 0.25) is 0 Å². The third kappa shape index (κ3) is 4.72. The van der Waals surface area contributed by atoms with Crippen molar-refractivity contribution in [1.82, 2.24) is 4.90 Å². The molecule has 1 saturated heterocycles. The number of halogens is 3. The van der Waals surface area contributed by atoms with E-state index in [-0.39, 0.29) is 25.5 Å². The number of amides is 1. The highest BCUT2D eigenvalue weighted by Gasteiger charge is 2.47. The summed E-state index contributed by atoms with van der Waals surface area (Å²) < 4.78 is 43.8. The second-order valence-corrected chi connectivity index (χ2v) is 7.38. The average Bonchev–Trinajstić information content (AvgIpc) is 3.17. The molecular formula is C23H22F3NO3. The minimum atomic E-state index is -4.43. The SMILES string of the molecule is C=CCOC(=O)C1(Cc2ccc(C(F)(F)F)cc2)CCN(C(=O)c2ccccc2)C1. The maximum Gasteiger partial charge on any atom is 0.416 e. The Morgan fingerprint density at radius 2 is 1.77 bits per heavy atom. The summed E-state index contributed by atoms with van der Waals surface area (Å²) in [6.07, 6.45) is -2.43. The molecule has 1 aliphatic rings. The fourth-order valence-corrected chi connectivity index (χ4v) is 3.68. The number of nitrogens with zero attached hydrogens (tertiary/aromatic N) is 1. The van der Waals surface area contributed by atoms with Crippen LogP contribution in [0.4, 0.5) is 13.2 Å². The van der Waals surface area contributed by atoms with Gasteiger partial charge in [0.1, 0.15) is 6.61 Å². The van der Waals surface area contributed by atoms with E-state index in [9.17, 15) is 22.8 Å². The van der Waals surface area contributed by atoms with Crippen LogP contribution in [-0.4, -0.2) is 36.5 Å². The first-order valence-electron chi connectivity index (χ1n) is 9.54. The minimum Gasteiger partial charge on any atom is -0.461 e. The van der Waals surface area contributed by atoms with Gasteiger partial charge in [0.25, 0.3) is 5.91 Å². The summed E-state index contributed by atoms with van der Waals surface area (Å²) in [5, 5.41) is 0. The highest BCUT2D eigenvalue weighted by atomic mass is 19.4. The number of hydrogen-bond donors (Lipinski definition) is 0. The lowest BCUT2D eigenvalue weighted by Gasteiger charge is -2.27. The molecule has 0 radical (unpaired) electrons. The van der Waals surface area contributed by atoms with Crippen molar-refractivity contribution < 1.29 is 27.5 Å². The average molecular weight is 417 g/mol. The number of carbonyl (C=O) groups is 2. The highest BCUT2D eigenvalue weighted by molar-refractivity contribution is 5.95. The van der Waals surface area contributed by atoms with Crippen LogP contribution in [-0.2, 0) is 22.1 Å². The monoisotopic (exact) mass is 417 g/mol. The molecule has 1 aliphatic heterocycles. The number of rotatable bonds is 6. The van der Waals surface area contributed by atoms with E-state index in [2.05, 4.69) is 6.58 Å². The van der Waals surface area contributed by atoms with E-state index in [1.807, 2.05) is 6.07 Å². The van der Waals surface area contributed by atoms with Crippen molar-refractivity contribution in [2.75, 3.05) is 19.7 Å². The summed E-state index contributed by atoms with van der Waals surface area (Å²) in [4.78, 5) is 27.3. The quantitative estimate of drug-likeness (QED) is 0.513. The molecule has 0 saturated carbocycles. The van der Waals surface area contributed by atoms with Gasteiger partial charge in [-0.3, -0.25) is 9.59 Å². The normalized spacial score (nSPS) is 18.8. The Morgan fingerprint density at radius 1 is 1.10 bits per heavy atom. The lowest BCUT2D eigenvalue weighted by molar-refractivity contribution is -0.153. The van der Waals surface area contributed by atoms with Gasteiger partial charge in [-0.25, -0.2) is 0 Å². The molecular weight excluding hydrogens is 395 g/mol. The first-order chi connectivity index (χ1) is 14.2. The van der Waals surface area contributed by atoms with E-state index in [1.165, 1.54) is 18.2 Å². The molecule has 3 rings (SSSR count). The van der Waals surface area contributed by atoms with Crippen LogP contribution >= 0.6 is 0 Å². The fourth-order valence-electron chi connectivity index (χ4n) is 3.68. The molecule has 0 spiro atoms. The molecule has 0 N–H and O–H groups in total. The fraction of sp³-hybridized carbons (Fsp3) is 0.304. The third-order valence-corrected chi connectivity index (χ3v) is 5.25. The smallest absolute Gasteiger partial charge is 0.416 e. The van der Waals surface area contributed by atoms with Crippen molar-refractivity contribution in [3.8, 4) is 0 Å². The summed E-state index contributed by atoms with van der Waals surface area (Å²) in [5.41, 5.74) is -0.676. The lowest BCUT2D eigenvalue weighted by Crippen LogP contribution is -2.40. The third-order valence-electron chi connectivity index (χ3n) is 5.25. The largest absolute Gasteiger partial charge is 0.461 e. The minimum absolute atomic E-state index is 0.0280. The molecule has 158 valence electrons. The van der Waals surface area contributed by atoms with Gasteiger partial charge in [0.2, 0.25) is 0 Å². The zero-order chi connectivity index (χ0) is 21.8. The first kappa shape index (κ1) is 21.6. The van der Waals surface area contributed by atoms with Crippen LogP contribution in [0.5, 0.6) is 0 Å². The van der Waals surface area contributed by atoms with Gasteiger partial charge in [-0.15, -0.1) is 0 Å². The number of benzene rings is 2. The number of alkyl halides is 3. The molecule has 0 bridgehead atoms. The first-order valence-corrected chi connectivity index (χ1v) is 9.54. The van der Waals surface area contributed by atoms with Crippen LogP contribution in [0.15, 0.2) is 67.3 Å². The maximum atomic E-state index is 12.9. The molecule has 30 heavy (non-hydrogen) atoms. The second-order valence-electron chi connectivity index (χ2n) is 7.38. The van der Waals surface area contributed by atoms with E-state index in [4.69, 9.17) is 4.74 Å². The molecule has 2 aromatic rings. The second kappa shape index (κ2) is 8.73. The van der Waals surface area contributed by atoms with Crippen molar-refractivity contribution in [1.29, 1.82) is 0 Å². The number of esters is 1. The summed E-state index contributed by atoms with van der Waals surface area (Å²) in [7, 11) is 0. The summed E-state index contributed by atoms with van der Waals surface area (Å²) in [5.74, 6) is -0.674. The number of carbonyl (C=O) groups excluding carboxylic acids is 2. The van der Waals surface area contributed by atoms with E-state index < -0.39 is 23.1 Å². The Bertz CT molecular complexity index is 910. The Hall–Kier alpha value is -3.09. The maximum absolute atomic E-state index is 12.9. The number of ether oxygens (including phenoxy) is 1. The number of likely N-dealkylation sites (tertiary alicyclic amines) is 1. The van der Waals surface area contributed by atoms with Gasteiger partial charge < -0.3 is 9.64 Å². The van der Waals surface area contributed by atoms with Crippen LogP contribution in [0.3, 0.4) is 0 Å². The topological polar surface area (TPSA) is 46.6 Å². The van der Waals surface area contributed by atoms with Gasteiger partial charge in [0.05, 0.1) is 11.0 Å². The molecule has 1 atom stereocenters. The standard InChI is InChI=1S/C23H22F3NO3/c1-2-14-30-21(29)22(15-17-8-10-19(11-9-17)23(24,25)26)12-13-27(16-22)20(28)18-6-4-3-5-7-18/h2-11H,1,12-16H2. The summed E-state index contributed by atoms with van der Waals surface area (Å²) in [6, 6.07) is 13.5. The lowest BCUT2D eigenvalue weighted by atomic mass is 9.80. The van der Waals surface area contributed by atoms with E-state index in [1.54, 1.807) is 29.2 Å². The van der Waals surface area contributed by atoms with Gasteiger partial charge in [-0.05, 0) is 42.7 Å².